The van der Waals surface area contributed by atoms with Gasteiger partial charge >= 0.3 is 0 Å². The lowest BCUT2D eigenvalue weighted by Gasteiger charge is -2.07. The minimum absolute atomic E-state index is 0.0688. The Morgan fingerprint density at radius 3 is 2.94 bits per heavy atom. The molecule has 2 aromatic heterocycles. The molecule has 2 heterocycles. The zero-order valence-electron chi connectivity index (χ0n) is 10.4. The van der Waals surface area contributed by atoms with Gasteiger partial charge in [-0.1, -0.05) is 19.9 Å². The average molecular weight is 245 g/mol. The summed E-state index contributed by atoms with van der Waals surface area (Å²) in [4.78, 5) is 28.0. The van der Waals surface area contributed by atoms with E-state index in [2.05, 4.69) is 10.3 Å². The molecular weight excluding hydrogens is 230 g/mol. The molecule has 0 radical (unpaired) electrons. The van der Waals surface area contributed by atoms with Crippen LogP contribution >= 0.6 is 0 Å². The highest BCUT2D eigenvalue weighted by Gasteiger charge is 2.12. The largest absolute Gasteiger partial charge is 0.352 e. The van der Waals surface area contributed by atoms with Gasteiger partial charge in [0, 0.05) is 18.9 Å². The standard InChI is InChI=1S/C13H15N3O2/c1-9(2)7-15-12(17)10-8-14-11-5-3-4-6-16(11)13(10)18/h3-6,8-9H,7H2,1-2H3,(H,15,17). The van der Waals surface area contributed by atoms with Crippen LogP contribution in [0.5, 0.6) is 0 Å². The number of carbonyl (C=O) groups is 1. The third-order valence-corrected chi connectivity index (χ3v) is 2.53. The van der Waals surface area contributed by atoms with Gasteiger partial charge in [-0.25, -0.2) is 4.98 Å². The molecule has 18 heavy (non-hydrogen) atoms. The number of amides is 1. The van der Waals surface area contributed by atoms with Crippen molar-refractivity contribution in [1.29, 1.82) is 0 Å². The van der Waals surface area contributed by atoms with Crippen molar-refractivity contribution in [3.63, 3.8) is 0 Å². The highest BCUT2D eigenvalue weighted by molar-refractivity contribution is 5.93. The molecule has 2 aromatic rings. The molecule has 0 saturated carbocycles. The van der Waals surface area contributed by atoms with E-state index in [0.29, 0.717) is 18.1 Å². The molecule has 0 atom stereocenters. The number of fused-ring (bicyclic) bond motifs is 1. The number of hydrogen-bond acceptors (Lipinski definition) is 3. The second-order valence-corrected chi connectivity index (χ2v) is 4.51. The van der Waals surface area contributed by atoms with E-state index in [1.807, 2.05) is 13.8 Å². The zero-order valence-corrected chi connectivity index (χ0v) is 10.4. The molecule has 5 nitrogen and oxygen atoms in total. The molecule has 0 aliphatic carbocycles. The minimum atomic E-state index is -0.376. The number of rotatable bonds is 3. The molecule has 0 bridgehead atoms. The first-order valence-electron chi connectivity index (χ1n) is 5.84. The number of nitrogens with one attached hydrogen (secondary N) is 1. The molecule has 2 rings (SSSR count). The maximum absolute atomic E-state index is 12.1. The van der Waals surface area contributed by atoms with E-state index in [9.17, 15) is 9.59 Å². The lowest BCUT2D eigenvalue weighted by atomic mass is 10.2. The molecule has 0 fully saturated rings. The Hall–Kier alpha value is -2.17. The monoisotopic (exact) mass is 245 g/mol. The highest BCUT2D eigenvalue weighted by atomic mass is 16.2. The summed E-state index contributed by atoms with van der Waals surface area (Å²) in [6, 6.07) is 5.24. The summed E-state index contributed by atoms with van der Waals surface area (Å²) in [6.07, 6.45) is 2.93. The van der Waals surface area contributed by atoms with Crippen LogP contribution < -0.4 is 10.9 Å². The van der Waals surface area contributed by atoms with Gasteiger partial charge in [0.25, 0.3) is 11.5 Å². The number of pyridine rings is 1. The molecule has 94 valence electrons. The fraction of sp³-hybridized carbons (Fsp3) is 0.308. The van der Waals surface area contributed by atoms with E-state index in [4.69, 9.17) is 0 Å². The Labute approximate surface area is 104 Å². The normalized spacial score (nSPS) is 10.8. The minimum Gasteiger partial charge on any atom is -0.352 e. The second kappa shape index (κ2) is 5.00. The van der Waals surface area contributed by atoms with E-state index < -0.39 is 0 Å². The Bertz CT molecular complexity index is 631. The molecule has 0 saturated heterocycles. The first-order valence-corrected chi connectivity index (χ1v) is 5.84. The van der Waals surface area contributed by atoms with Crippen LogP contribution in [0.2, 0.25) is 0 Å². The van der Waals surface area contributed by atoms with Crippen molar-refractivity contribution in [2.24, 2.45) is 5.92 Å². The number of aromatic nitrogens is 2. The molecule has 0 aliphatic rings. The van der Waals surface area contributed by atoms with Crippen LogP contribution in [0, 0.1) is 5.92 Å². The summed E-state index contributed by atoms with van der Waals surface area (Å²) in [5, 5.41) is 2.71. The predicted octanol–water partition coefficient (Wildman–Crippen LogP) is 1.08. The topological polar surface area (TPSA) is 63.5 Å². The van der Waals surface area contributed by atoms with Crippen LogP contribution in [0.1, 0.15) is 24.2 Å². The average Bonchev–Trinajstić information content (AvgIpc) is 2.37. The van der Waals surface area contributed by atoms with E-state index in [1.165, 1.54) is 10.6 Å². The van der Waals surface area contributed by atoms with E-state index in [0.717, 1.165) is 0 Å². The summed E-state index contributed by atoms with van der Waals surface area (Å²) in [6.45, 7) is 4.52. The molecular formula is C13H15N3O2. The van der Waals surface area contributed by atoms with Crippen LogP contribution in [-0.4, -0.2) is 21.8 Å². The zero-order chi connectivity index (χ0) is 13.1. The Kier molecular flexibility index (Phi) is 3.41. The predicted molar refractivity (Wildman–Crippen MR) is 68.6 cm³/mol. The molecule has 0 aliphatic heterocycles. The van der Waals surface area contributed by atoms with Gasteiger partial charge in [0.2, 0.25) is 0 Å². The van der Waals surface area contributed by atoms with Gasteiger partial charge in [-0.2, -0.15) is 0 Å². The van der Waals surface area contributed by atoms with Gasteiger partial charge in [0.1, 0.15) is 11.2 Å². The molecule has 0 aromatic carbocycles. The van der Waals surface area contributed by atoms with Crippen molar-refractivity contribution in [3.8, 4) is 0 Å². The van der Waals surface area contributed by atoms with Gasteiger partial charge in [0.15, 0.2) is 0 Å². The molecule has 0 unspecified atom stereocenters. The summed E-state index contributed by atoms with van der Waals surface area (Å²) in [5.41, 5.74) is 0.254. The Balaban J connectivity index is 2.37. The maximum Gasteiger partial charge on any atom is 0.270 e. The van der Waals surface area contributed by atoms with Crippen molar-refractivity contribution in [2.45, 2.75) is 13.8 Å². The molecule has 5 heteroatoms. The van der Waals surface area contributed by atoms with Crippen molar-refractivity contribution in [1.82, 2.24) is 14.7 Å². The Morgan fingerprint density at radius 2 is 2.22 bits per heavy atom. The van der Waals surface area contributed by atoms with Crippen molar-refractivity contribution in [3.05, 3.63) is 46.5 Å². The third-order valence-electron chi connectivity index (χ3n) is 2.53. The van der Waals surface area contributed by atoms with Crippen LogP contribution in [-0.2, 0) is 0 Å². The second-order valence-electron chi connectivity index (χ2n) is 4.51. The quantitative estimate of drug-likeness (QED) is 0.880. The van der Waals surface area contributed by atoms with Gasteiger partial charge in [-0.3, -0.25) is 14.0 Å². The van der Waals surface area contributed by atoms with E-state index in [1.54, 1.807) is 24.4 Å². The third kappa shape index (κ3) is 2.40. The number of hydrogen-bond donors (Lipinski definition) is 1. The first kappa shape index (κ1) is 12.3. The van der Waals surface area contributed by atoms with Crippen LogP contribution in [0.4, 0.5) is 0 Å². The van der Waals surface area contributed by atoms with E-state index in [-0.39, 0.29) is 17.0 Å². The van der Waals surface area contributed by atoms with Crippen LogP contribution in [0.25, 0.3) is 5.65 Å². The van der Waals surface area contributed by atoms with Gasteiger partial charge in [-0.05, 0) is 18.1 Å². The van der Waals surface area contributed by atoms with Gasteiger partial charge in [0.05, 0.1) is 0 Å². The lowest BCUT2D eigenvalue weighted by Crippen LogP contribution is -2.33. The maximum atomic E-state index is 12.1. The summed E-state index contributed by atoms with van der Waals surface area (Å²) in [7, 11) is 0. The van der Waals surface area contributed by atoms with Gasteiger partial charge in [-0.15, -0.1) is 0 Å². The highest BCUT2D eigenvalue weighted by Crippen LogP contribution is 1.98. The van der Waals surface area contributed by atoms with Crippen LogP contribution in [0.15, 0.2) is 35.4 Å². The SMILES string of the molecule is CC(C)CNC(=O)c1cnc2ccccn2c1=O. The number of carbonyl (C=O) groups excluding carboxylic acids is 1. The van der Waals surface area contributed by atoms with Gasteiger partial charge < -0.3 is 5.32 Å². The van der Waals surface area contributed by atoms with Crippen molar-refractivity contribution < 1.29 is 4.79 Å². The molecule has 1 N–H and O–H groups in total. The lowest BCUT2D eigenvalue weighted by molar-refractivity contribution is 0.0947. The first-order chi connectivity index (χ1) is 8.59. The fourth-order valence-corrected chi connectivity index (χ4v) is 1.57. The fourth-order valence-electron chi connectivity index (χ4n) is 1.57. The molecule has 1 amide bonds. The van der Waals surface area contributed by atoms with Crippen molar-refractivity contribution in [2.75, 3.05) is 6.54 Å². The van der Waals surface area contributed by atoms with Crippen molar-refractivity contribution >= 4 is 11.6 Å². The summed E-state index contributed by atoms with van der Waals surface area (Å²) >= 11 is 0. The van der Waals surface area contributed by atoms with E-state index >= 15 is 0 Å². The summed E-state index contributed by atoms with van der Waals surface area (Å²) < 4.78 is 1.37. The number of nitrogens with zero attached hydrogens (tertiary/aromatic N) is 2. The van der Waals surface area contributed by atoms with Crippen LogP contribution in [0.3, 0.4) is 0 Å². The Morgan fingerprint density at radius 1 is 1.44 bits per heavy atom. The molecule has 0 spiro atoms. The smallest absolute Gasteiger partial charge is 0.270 e. The summed E-state index contributed by atoms with van der Waals surface area (Å²) in [5.74, 6) is -0.0374.